The number of ether oxygens (including phenoxy) is 1. The predicted molar refractivity (Wildman–Crippen MR) is 120 cm³/mol. The highest BCUT2D eigenvalue weighted by atomic mass is 32.2. The first kappa shape index (κ1) is 22.3. The molecule has 9 heteroatoms. The maximum Gasteiger partial charge on any atom is 0.262 e. The van der Waals surface area contributed by atoms with E-state index < -0.39 is 10.0 Å². The Morgan fingerprint density at radius 1 is 1.19 bits per heavy atom. The van der Waals surface area contributed by atoms with Crippen LogP contribution < -0.4 is 15.4 Å². The number of carbonyl (C=O) groups excluding carboxylic acids is 2. The summed E-state index contributed by atoms with van der Waals surface area (Å²) in [7, 11) is -3.79. The predicted octanol–water partition coefficient (Wildman–Crippen LogP) is 2.17. The van der Waals surface area contributed by atoms with Crippen molar-refractivity contribution < 1.29 is 22.7 Å². The van der Waals surface area contributed by atoms with Crippen LogP contribution in [0.4, 0.5) is 5.69 Å². The Kier molecular flexibility index (Phi) is 6.76. The summed E-state index contributed by atoms with van der Waals surface area (Å²) < 4.78 is 33.0. The van der Waals surface area contributed by atoms with E-state index in [2.05, 4.69) is 22.8 Å². The van der Waals surface area contributed by atoms with Crippen LogP contribution >= 0.6 is 0 Å². The molecule has 2 aromatic carbocycles. The number of anilines is 1. The number of nitrogens with one attached hydrogen (secondary N) is 2. The number of benzene rings is 2. The maximum absolute atomic E-state index is 13.2. The van der Waals surface area contributed by atoms with Gasteiger partial charge in [0.15, 0.2) is 6.61 Å². The molecule has 170 valence electrons. The molecule has 8 nitrogen and oxygen atoms in total. The van der Waals surface area contributed by atoms with E-state index in [0.717, 1.165) is 12.8 Å². The van der Waals surface area contributed by atoms with E-state index in [4.69, 9.17) is 4.74 Å². The summed E-state index contributed by atoms with van der Waals surface area (Å²) in [6.07, 6.45) is 2.98. The van der Waals surface area contributed by atoms with E-state index in [-0.39, 0.29) is 35.8 Å². The van der Waals surface area contributed by atoms with Gasteiger partial charge in [-0.25, -0.2) is 8.42 Å². The Labute approximate surface area is 188 Å². The van der Waals surface area contributed by atoms with Gasteiger partial charge in [0.1, 0.15) is 5.75 Å². The zero-order valence-electron chi connectivity index (χ0n) is 17.7. The number of fused-ring (bicyclic) bond motifs is 1. The Morgan fingerprint density at radius 3 is 2.81 bits per heavy atom. The molecular formula is C23H27N3O5S. The van der Waals surface area contributed by atoms with Gasteiger partial charge in [0.25, 0.3) is 5.91 Å². The van der Waals surface area contributed by atoms with Crippen molar-refractivity contribution in [1.82, 2.24) is 9.62 Å². The standard InChI is InChI=1S/C23H27N3O5S/c27-22-16-31-21-11-10-19(14-20(21)25-22)32(29,30)26-13-5-9-18(15-26)23(28)24-12-4-8-17-6-2-1-3-7-17/h1-3,6-7,10-11,14,18H,4-5,8-9,12-13,15-16H2,(H,24,28)(H,25,27)/t18-/m1/s1. The molecule has 2 aromatic rings. The summed E-state index contributed by atoms with van der Waals surface area (Å²) in [5.74, 6) is -0.371. The van der Waals surface area contributed by atoms with Crippen LogP contribution in [0, 0.1) is 5.92 Å². The topological polar surface area (TPSA) is 105 Å². The third kappa shape index (κ3) is 5.11. The Morgan fingerprint density at radius 2 is 2.00 bits per heavy atom. The molecule has 0 radical (unpaired) electrons. The number of rotatable bonds is 7. The largest absolute Gasteiger partial charge is 0.482 e. The second kappa shape index (κ2) is 9.70. The minimum absolute atomic E-state index is 0.0750. The maximum atomic E-state index is 13.2. The lowest BCUT2D eigenvalue weighted by Crippen LogP contribution is -2.45. The minimum Gasteiger partial charge on any atom is -0.482 e. The fourth-order valence-corrected chi connectivity index (χ4v) is 5.59. The lowest BCUT2D eigenvalue weighted by Gasteiger charge is -2.31. The molecule has 2 amide bonds. The smallest absolute Gasteiger partial charge is 0.262 e. The van der Waals surface area contributed by atoms with Crippen LogP contribution in [0.1, 0.15) is 24.8 Å². The van der Waals surface area contributed by atoms with Crippen molar-refractivity contribution in [2.75, 3.05) is 31.6 Å². The molecule has 0 aromatic heterocycles. The number of piperidine rings is 1. The average molecular weight is 458 g/mol. The van der Waals surface area contributed by atoms with Gasteiger partial charge in [-0.3, -0.25) is 9.59 Å². The second-order valence-corrected chi connectivity index (χ2v) is 10.0. The summed E-state index contributed by atoms with van der Waals surface area (Å²) in [5.41, 5.74) is 1.57. The van der Waals surface area contributed by atoms with Gasteiger partial charge in [-0.15, -0.1) is 0 Å². The molecular weight excluding hydrogens is 430 g/mol. The molecule has 2 N–H and O–H groups in total. The van der Waals surface area contributed by atoms with Crippen molar-refractivity contribution >= 4 is 27.5 Å². The molecule has 0 unspecified atom stereocenters. The highest BCUT2D eigenvalue weighted by molar-refractivity contribution is 7.89. The van der Waals surface area contributed by atoms with E-state index in [9.17, 15) is 18.0 Å². The van der Waals surface area contributed by atoms with Gasteiger partial charge in [-0.1, -0.05) is 30.3 Å². The van der Waals surface area contributed by atoms with Crippen LogP contribution in [0.15, 0.2) is 53.4 Å². The van der Waals surface area contributed by atoms with Crippen LogP contribution in [-0.2, 0) is 26.0 Å². The molecule has 2 aliphatic rings. The Bertz CT molecular complexity index is 1090. The van der Waals surface area contributed by atoms with Gasteiger partial charge in [-0.05, 0) is 49.4 Å². The third-order valence-corrected chi connectivity index (χ3v) is 7.62. The molecule has 2 aliphatic heterocycles. The molecule has 0 bridgehead atoms. The van der Waals surface area contributed by atoms with Crippen LogP contribution in [0.5, 0.6) is 5.75 Å². The van der Waals surface area contributed by atoms with Crippen molar-refractivity contribution in [2.45, 2.75) is 30.6 Å². The Balaban J connectivity index is 1.35. The summed E-state index contributed by atoms with van der Waals surface area (Å²) in [6.45, 7) is 0.974. The van der Waals surface area contributed by atoms with Gasteiger partial charge < -0.3 is 15.4 Å². The van der Waals surface area contributed by atoms with Gasteiger partial charge >= 0.3 is 0 Å². The molecule has 1 atom stereocenters. The van der Waals surface area contributed by atoms with Crippen molar-refractivity contribution in [1.29, 1.82) is 0 Å². The fraction of sp³-hybridized carbons (Fsp3) is 0.391. The number of carbonyl (C=O) groups is 2. The summed E-state index contributed by atoms with van der Waals surface area (Å²) in [6, 6.07) is 14.5. The monoisotopic (exact) mass is 457 g/mol. The lowest BCUT2D eigenvalue weighted by atomic mass is 9.99. The normalized spacial score (nSPS) is 18.9. The van der Waals surface area contributed by atoms with Crippen LogP contribution in [-0.4, -0.2) is 50.8 Å². The second-order valence-electron chi connectivity index (χ2n) is 8.08. The molecule has 0 saturated carbocycles. The van der Waals surface area contributed by atoms with Crippen molar-refractivity contribution in [3.63, 3.8) is 0 Å². The van der Waals surface area contributed by atoms with E-state index in [1.807, 2.05) is 18.2 Å². The summed E-state index contributed by atoms with van der Waals surface area (Å²) in [5, 5.41) is 5.59. The van der Waals surface area contributed by atoms with Crippen LogP contribution in [0.3, 0.4) is 0 Å². The Hall–Kier alpha value is -2.91. The number of nitrogens with zero attached hydrogens (tertiary/aromatic N) is 1. The summed E-state index contributed by atoms with van der Waals surface area (Å²) >= 11 is 0. The SMILES string of the molecule is O=C1COc2ccc(S(=O)(=O)N3CCC[C@@H](C(=O)NCCCc4ccccc4)C3)cc2N1. The van der Waals surface area contributed by atoms with Crippen molar-refractivity contribution in [3.8, 4) is 5.75 Å². The van der Waals surface area contributed by atoms with E-state index in [1.165, 1.54) is 22.0 Å². The number of hydrogen-bond acceptors (Lipinski definition) is 5. The van der Waals surface area contributed by atoms with Gasteiger partial charge in [0, 0.05) is 19.6 Å². The molecule has 0 aliphatic carbocycles. The van der Waals surface area contributed by atoms with Crippen LogP contribution in [0.2, 0.25) is 0 Å². The zero-order valence-corrected chi connectivity index (χ0v) is 18.6. The number of aryl methyl sites for hydroxylation is 1. The molecule has 2 heterocycles. The fourth-order valence-electron chi connectivity index (χ4n) is 4.04. The quantitative estimate of drug-likeness (QED) is 0.620. The van der Waals surface area contributed by atoms with E-state index in [0.29, 0.717) is 37.4 Å². The molecule has 4 rings (SSSR count). The highest BCUT2D eigenvalue weighted by Gasteiger charge is 2.34. The average Bonchev–Trinajstić information content (AvgIpc) is 2.82. The number of hydrogen-bond donors (Lipinski definition) is 2. The molecule has 32 heavy (non-hydrogen) atoms. The molecule has 1 saturated heterocycles. The van der Waals surface area contributed by atoms with E-state index >= 15 is 0 Å². The minimum atomic E-state index is -3.79. The van der Waals surface area contributed by atoms with Crippen LogP contribution in [0.25, 0.3) is 0 Å². The van der Waals surface area contributed by atoms with Crippen molar-refractivity contribution in [2.24, 2.45) is 5.92 Å². The third-order valence-electron chi connectivity index (χ3n) is 5.76. The summed E-state index contributed by atoms with van der Waals surface area (Å²) in [4.78, 5) is 24.3. The molecule has 1 fully saturated rings. The first-order chi connectivity index (χ1) is 15.4. The number of sulfonamides is 1. The molecule has 0 spiro atoms. The van der Waals surface area contributed by atoms with Gasteiger partial charge in [-0.2, -0.15) is 4.31 Å². The zero-order chi connectivity index (χ0) is 22.6. The van der Waals surface area contributed by atoms with Gasteiger partial charge in [0.2, 0.25) is 15.9 Å². The number of amides is 2. The highest BCUT2D eigenvalue weighted by Crippen LogP contribution is 2.32. The lowest BCUT2D eigenvalue weighted by molar-refractivity contribution is -0.126. The first-order valence-corrected chi connectivity index (χ1v) is 12.3. The van der Waals surface area contributed by atoms with Crippen molar-refractivity contribution in [3.05, 3.63) is 54.1 Å². The van der Waals surface area contributed by atoms with Gasteiger partial charge in [0.05, 0.1) is 16.5 Å². The first-order valence-electron chi connectivity index (χ1n) is 10.8. The van der Waals surface area contributed by atoms with E-state index in [1.54, 1.807) is 6.07 Å².